The number of methoxy groups -OCH3 is 1. The van der Waals surface area contributed by atoms with E-state index in [1.807, 2.05) is 0 Å². The van der Waals surface area contributed by atoms with Crippen molar-refractivity contribution in [3.63, 3.8) is 0 Å². The maximum atomic E-state index is 13.3. The van der Waals surface area contributed by atoms with Crippen molar-refractivity contribution in [1.82, 2.24) is 9.97 Å². The Hall–Kier alpha value is -2.24. The molecule has 4 N–H and O–H groups in total. The number of nitrogens with one attached hydrogen (secondary N) is 2. The van der Waals surface area contributed by atoms with Gasteiger partial charge in [-0.1, -0.05) is 0 Å². The molecule has 2 rings (SSSR count). The zero-order chi connectivity index (χ0) is 12.3. The number of nitrogens with two attached hydrogens (primary N) is 1. The third kappa shape index (κ3) is 2.47. The molecule has 5 nitrogen and oxygen atoms in total. The summed E-state index contributed by atoms with van der Waals surface area (Å²) in [6, 6.07) is 2.75. The molecule has 0 aliphatic carbocycles. The van der Waals surface area contributed by atoms with Crippen LogP contribution in [0.3, 0.4) is 0 Å². The van der Waals surface area contributed by atoms with Crippen molar-refractivity contribution in [3.05, 3.63) is 36.2 Å². The summed E-state index contributed by atoms with van der Waals surface area (Å²) in [5.74, 6) is 0.447. The van der Waals surface area contributed by atoms with Crippen molar-refractivity contribution in [3.8, 4) is 5.75 Å². The van der Waals surface area contributed by atoms with Crippen LogP contribution in [0, 0.1) is 5.82 Å². The molecule has 0 bridgehead atoms. The maximum Gasteiger partial charge on any atom is 0.167 e. The van der Waals surface area contributed by atoms with Gasteiger partial charge in [0.15, 0.2) is 11.6 Å². The molecule has 17 heavy (non-hydrogen) atoms. The van der Waals surface area contributed by atoms with Gasteiger partial charge in [0.25, 0.3) is 0 Å². The Balaban J connectivity index is 2.15. The highest BCUT2D eigenvalue weighted by molar-refractivity contribution is 5.68. The summed E-state index contributed by atoms with van der Waals surface area (Å²) in [5, 5.41) is 3.05. The van der Waals surface area contributed by atoms with E-state index in [0.717, 1.165) is 5.82 Å². The molecule has 0 aliphatic rings. The van der Waals surface area contributed by atoms with Gasteiger partial charge in [-0.3, -0.25) is 0 Å². The van der Waals surface area contributed by atoms with Crippen LogP contribution in [-0.4, -0.2) is 17.1 Å². The summed E-state index contributed by atoms with van der Waals surface area (Å²) in [5.41, 5.74) is 6.64. The van der Waals surface area contributed by atoms with E-state index in [0.29, 0.717) is 17.9 Å². The quantitative estimate of drug-likeness (QED) is 0.707. The minimum atomic E-state index is -0.478. The van der Waals surface area contributed by atoms with Crippen LogP contribution in [0.2, 0.25) is 0 Å². The molecule has 0 unspecified atom stereocenters. The number of rotatable bonds is 4. The highest BCUT2D eigenvalue weighted by Gasteiger charge is 2.08. The van der Waals surface area contributed by atoms with Gasteiger partial charge in [0.2, 0.25) is 0 Å². The molecule has 0 amide bonds. The molecule has 0 spiro atoms. The molecule has 0 radical (unpaired) electrons. The monoisotopic (exact) mass is 236 g/mol. The van der Waals surface area contributed by atoms with Gasteiger partial charge in [0.1, 0.15) is 5.82 Å². The largest absolute Gasteiger partial charge is 0.494 e. The number of nitrogen functional groups attached to an aromatic ring is 1. The van der Waals surface area contributed by atoms with Crippen LogP contribution in [-0.2, 0) is 6.54 Å². The summed E-state index contributed by atoms with van der Waals surface area (Å²) < 4.78 is 18.2. The highest BCUT2D eigenvalue weighted by atomic mass is 19.1. The smallest absolute Gasteiger partial charge is 0.167 e. The molecular weight excluding hydrogens is 223 g/mol. The topological polar surface area (TPSA) is 76.0 Å². The molecule has 1 heterocycles. The Morgan fingerprint density at radius 3 is 3.00 bits per heavy atom. The second kappa shape index (κ2) is 4.73. The number of hydrogen-bond acceptors (Lipinski definition) is 4. The van der Waals surface area contributed by atoms with Gasteiger partial charge in [-0.15, -0.1) is 0 Å². The van der Waals surface area contributed by atoms with Crippen LogP contribution in [0.25, 0.3) is 0 Å². The predicted molar refractivity (Wildman–Crippen MR) is 63.3 cm³/mol. The third-order valence-electron chi connectivity index (χ3n) is 2.33. The number of aromatic amines is 1. The van der Waals surface area contributed by atoms with Crippen LogP contribution in [0.5, 0.6) is 5.75 Å². The molecule has 0 saturated heterocycles. The average Bonchev–Trinajstić information content (AvgIpc) is 2.81. The molecule has 1 aromatic heterocycles. The van der Waals surface area contributed by atoms with Crippen molar-refractivity contribution < 1.29 is 9.13 Å². The van der Waals surface area contributed by atoms with E-state index in [-0.39, 0.29) is 5.75 Å². The fraction of sp³-hybridized carbons (Fsp3) is 0.182. The number of nitrogens with zero attached hydrogens (tertiary/aromatic N) is 1. The molecule has 6 heteroatoms. The number of anilines is 2. The number of halogens is 1. The van der Waals surface area contributed by atoms with Crippen molar-refractivity contribution in [1.29, 1.82) is 0 Å². The van der Waals surface area contributed by atoms with Gasteiger partial charge in [-0.05, 0) is 0 Å². The lowest BCUT2D eigenvalue weighted by molar-refractivity contribution is 0.387. The van der Waals surface area contributed by atoms with Crippen LogP contribution in [0.1, 0.15) is 5.82 Å². The summed E-state index contributed by atoms with van der Waals surface area (Å²) in [6.07, 6.45) is 3.39. The third-order valence-corrected chi connectivity index (χ3v) is 2.33. The van der Waals surface area contributed by atoms with Crippen LogP contribution in [0.4, 0.5) is 15.8 Å². The maximum absolute atomic E-state index is 13.3. The van der Waals surface area contributed by atoms with Gasteiger partial charge < -0.3 is 20.8 Å². The molecule has 2 aromatic rings. The second-order valence-electron chi connectivity index (χ2n) is 3.46. The molecule has 0 fully saturated rings. The number of ether oxygens (including phenoxy) is 1. The summed E-state index contributed by atoms with van der Waals surface area (Å²) in [4.78, 5) is 7.00. The van der Waals surface area contributed by atoms with E-state index in [9.17, 15) is 4.39 Å². The van der Waals surface area contributed by atoms with E-state index in [2.05, 4.69) is 15.3 Å². The first-order valence-corrected chi connectivity index (χ1v) is 5.06. The zero-order valence-corrected chi connectivity index (χ0v) is 9.33. The number of H-pyrrole nitrogens is 1. The number of benzene rings is 1. The van der Waals surface area contributed by atoms with Crippen LogP contribution in [0.15, 0.2) is 24.5 Å². The Kier molecular flexibility index (Phi) is 3.13. The Morgan fingerprint density at radius 1 is 1.53 bits per heavy atom. The van der Waals surface area contributed by atoms with Crippen LogP contribution >= 0.6 is 0 Å². The predicted octanol–water partition coefficient (Wildman–Crippen LogP) is 1.75. The van der Waals surface area contributed by atoms with Crippen LogP contribution < -0.4 is 15.8 Å². The average molecular weight is 236 g/mol. The lowest BCUT2D eigenvalue weighted by Crippen LogP contribution is -2.05. The molecule has 90 valence electrons. The molecular formula is C11H13FN4O. The minimum Gasteiger partial charge on any atom is -0.494 e. The van der Waals surface area contributed by atoms with Crippen molar-refractivity contribution in [2.75, 3.05) is 18.2 Å². The summed E-state index contributed by atoms with van der Waals surface area (Å²) >= 11 is 0. The van der Waals surface area contributed by atoms with Crippen molar-refractivity contribution in [2.24, 2.45) is 0 Å². The standard InChI is InChI=1S/C11H13FN4O/c1-17-10-5-9(8(13)4-7(10)12)16-6-11-14-2-3-15-11/h2-5,16H,6,13H2,1H3,(H,14,15). The lowest BCUT2D eigenvalue weighted by atomic mass is 10.2. The van der Waals surface area contributed by atoms with E-state index in [1.54, 1.807) is 12.4 Å². The molecule has 0 saturated carbocycles. The summed E-state index contributed by atoms with van der Waals surface area (Å²) in [7, 11) is 1.41. The number of aromatic nitrogens is 2. The van der Waals surface area contributed by atoms with Gasteiger partial charge in [0.05, 0.1) is 25.0 Å². The van der Waals surface area contributed by atoms with Gasteiger partial charge in [-0.2, -0.15) is 0 Å². The Bertz CT molecular complexity index is 498. The van der Waals surface area contributed by atoms with E-state index < -0.39 is 5.82 Å². The first-order chi connectivity index (χ1) is 8.20. The normalized spacial score (nSPS) is 10.2. The van der Waals surface area contributed by atoms with E-state index in [1.165, 1.54) is 19.2 Å². The van der Waals surface area contributed by atoms with Gasteiger partial charge in [0, 0.05) is 24.5 Å². The first-order valence-electron chi connectivity index (χ1n) is 5.06. The number of imidazole rings is 1. The Labute approximate surface area is 97.8 Å². The van der Waals surface area contributed by atoms with E-state index >= 15 is 0 Å². The first kappa shape index (κ1) is 11.3. The molecule has 1 aromatic carbocycles. The second-order valence-corrected chi connectivity index (χ2v) is 3.46. The van der Waals surface area contributed by atoms with Gasteiger partial charge in [-0.25, -0.2) is 9.37 Å². The fourth-order valence-electron chi connectivity index (χ4n) is 1.45. The highest BCUT2D eigenvalue weighted by Crippen LogP contribution is 2.28. The SMILES string of the molecule is COc1cc(NCc2ncc[nH]2)c(N)cc1F. The van der Waals surface area contributed by atoms with Gasteiger partial charge >= 0.3 is 0 Å². The minimum absolute atomic E-state index is 0.154. The summed E-state index contributed by atoms with van der Waals surface area (Å²) in [6.45, 7) is 0.478. The lowest BCUT2D eigenvalue weighted by Gasteiger charge is -2.10. The fourth-order valence-corrected chi connectivity index (χ4v) is 1.45. The molecule has 0 aliphatic heterocycles. The molecule has 0 atom stereocenters. The van der Waals surface area contributed by atoms with E-state index in [4.69, 9.17) is 10.5 Å². The number of hydrogen-bond donors (Lipinski definition) is 3. The van der Waals surface area contributed by atoms with Crippen molar-refractivity contribution >= 4 is 11.4 Å². The zero-order valence-electron chi connectivity index (χ0n) is 9.33. The Morgan fingerprint density at radius 2 is 2.35 bits per heavy atom. The van der Waals surface area contributed by atoms with Crippen molar-refractivity contribution in [2.45, 2.75) is 6.54 Å².